The van der Waals surface area contributed by atoms with Crippen molar-refractivity contribution < 1.29 is 66.2 Å². The van der Waals surface area contributed by atoms with Gasteiger partial charge in [-0.1, -0.05) is 30.3 Å². The zero-order chi connectivity index (χ0) is 18.9. The normalized spacial score (nSPS) is 32.5. The molecular weight excluding hydrogens is 387 g/mol. The van der Waals surface area contributed by atoms with Crippen molar-refractivity contribution in [1.82, 2.24) is 0 Å². The Balaban J connectivity index is 0.00000261. The van der Waals surface area contributed by atoms with Crippen LogP contribution in [0.2, 0.25) is 0 Å². The van der Waals surface area contributed by atoms with Crippen LogP contribution < -0.4 is 29.6 Å². The molecule has 2 fully saturated rings. The molecule has 0 saturated carbocycles. The van der Waals surface area contributed by atoms with Gasteiger partial charge in [-0.25, -0.2) is 8.42 Å². The minimum atomic E-state index is -4.51. The van der Waals surface area contributed by atoms with Crippen LogP contribution in [0.5, 0.6) is 0 Å². The van der Waals surface area contributed by atoms with E-state index in [0.717, 1.165) is 5.56 Å². The zero-order valence-corrected chi connectivity index (χ0v) is 18.7. The minimum absolute atomic E-state index is 0. The molecule has 1 aromatic rings. The van der Waals surface area contributed by atoms with Gasteiger partial charge in [-0.05, 0) is 19.4 Å². The minimum Gasteiger partial charge on any atom is -0.748 e. The Labute approximate surface area is 181 Å². The molecule has 3 rings (SSSR count). The Bertz CT molecular complexity index is 711. The summed E-state index contributed by atoms with van der Waals surface area (Å²) in [7, 11) is -3.09. The summed E-state index contributed by atoms with van der Waals surface area (Å²) in [5.74, 6) is -1.68. The molecule has 1 aromatic carbocycles. The van der Waals surface area contributed by atoms with E-state index >= 15 is 0 Å². The maximum Gasteiger partial charge on any atom is 1.00 e. The predicted octanol–water partition coefficient (Wildman–Crippen LogP) is -1.99. The summed E-state index contributed by atoms with van der Waals surface area (Å²) in [6, 6.07) is 9.56. The molecule has 146 valence electrons. The topological polar surface area (TPSA) is 103 Å². The van der Waals surface area contributed by atoms with Crippen LogP contribution in [0.3, 0.4) is 0 Å². The second kappa shape index (κ2) is 9.17. The number of methoxy groups -OCH3 is 1. The first kappa shape index (κ1) is 23.2. The first-order valence-corrected chi connectivity index (χ1v) is 9.89. The first-order chi connectivity index (χ1) is 12.2. The molecule has 2 aliphatic heterocycles. The molecule has 2 aliphatic rings. The van der Waals surface area contributed by atoms with Gasteiger partial charge in [0.1, 0.15) is 24.4 Å². The van der Waals surface area contributed by atoms with Crippen LogP contribution in [0, 0.1) is 0 Å². The summed E-state index contributed by atoms with van der Waals surface area (Å²) in [5.41, 5.74) is 0.960. The number of hydrogen-bond donors (Lipinski definition) is 0. The third-order valence-electron chi connectivity index (χ3n) is 4.32. The van der Waals surface area contributed by atoms with E-state index in [1.165, 1.54) is 7.11 Å². The van der Waals surface area contributed by atoms with Crippen LogP contribution >= 0.6 is 0 Å². The summed E-state index contributed by atoms with van der Waals surface area (Å²) in [6.45, 7) is 3.72. The van der Waals surface area contributed by atoms with Crippen molar-refractivity contribution >= 4 is 10.1 Å². The molecule has 2 saturated heterocycles. The smallest absolute Gasteiger partial charge is 0.748 e. The van der Waals surface area contributed by atoms with Crippen molar-refractivity contribution in [1.29, 1.82) is 0 Å². The van der Waals surface area contributed by atoms with Crippen LogP contribution in [0.4, 0.5) is 0 Å². The molecular formula is C17H23NaO8S. The maximum atomic E-state index is 11.2. The Morgan fingerprint density at radius 3 is 2.37 bits per heavy atom. The van der Waals surface area contributed by atoms with Crippen LogP contribution in [-0.2, 0) is 40.4 Å². The average molecular weight is 410 g/mol. The summed E-state index contributed by atoms with van der Waals surface area (Å²) < 4.78 is 62.4. The Kier molecular flexibility index (Phi) is 7.88. The quantitative estimate of drug-likeness (QED) is 0.392. The fourth-order valence-electron chi connectivity index (χ4n) is 3.31. The van der Waals surface area contributed by atoms with Gasteiger partial charge in [-0.15, -0.1) is 0 Å². The van der Waals surface area contributed by atoms with Gasteiger partial charge in [-0.2, -0.15) is 0 Å². The molecule has 0 aromatic heterocycles. The second-order valence-electron chi connectivity index (χ2n) is 6.83. The fraction of sp³-hybridized carbons (Fsp3) is 0.647. The van der Waals surface area contributed by atoms with Crippen LogP contribution in [0.15, 0.2) is 30.3 Å². The molecule has 0 radical (unpaired) electrons. The van der Waals surface area contributed by atoms with Gasteiger partial charge < -0.3 is 28.2 Å². The summed E-state index contributed by atoms with van der Waals surface area (Å²) in [5, 5.41) is 0. The van der Waals surface area contributed by atoms with Crippen molar-refractivity contribution in [2.75, 3.05) is 12.9 Å². The Morgan fingerprint density at radius 1 is 1.15 bits per heavy atom. The largest absolute Gasteiger partial charge is 1.00 e. The number of ether oxygens (including phenoxy) is 5. The average Bonchev–Trinajstić information content (AvgIpc) is 2.88. The van der Waals surface area contributed by atoms with Gasteiger partial charge in [0.25, 0.3) is 0 Å². The molecule has 0 amide bonds. The number of rotatable bonds is 6. The van der Waals surface area contributed by atoms with E-state index in [-0.39, 0.29) is 29.6 Å². The number of hydrogen-bond acceptors (Lipinski definition) is 8. The number of fused-ring (bicyclic) bond motifs is 1. The van der Waals surface area contributed by atoms with E-state index < -0.39 is 52.4 Å². The van der Waals surface area contributed by atoms with E-state index in [9.17, 15) is 13.0 Å². The molecule has 10 heteroatoms. The van der Waals surface area contributed by atoms with E-state index in [4.69, 9.17) is 23.7 Å². The third kappa shape index (κ3) is 5.96. The standard InChI is InChI=1S/C17H24O8S.Na/c1-17(2)24-13-12(10-26(18,19)20)23-16(21-3)15(14(13)25-17)22-9-11-7-5-4-6-8-11;/h4-8,12-16H,9-10H2,1-3H3,(H,18,19,20);/q;+1/p-1/t12-,13+,14+,15-,16+;/m1./s1. The molecule has 0 unspecified atom stereocenters. The molecule has 27 heavy (non-hydrogen) atoms. The van der Waals surface area contributed by atoms with E-state index in [1.54, 1.807) is 13.8 Å². The van der Waals surface area contributed by atoms with Crippen LogP contribution in [0.1, 0.15) is 19.4 Å². The molecule has 5 atom stereocenters. The Morgan fingerprint density at radius 2 is 1.78 bits per heavy atom. The van der Waals surface area contributed by atoms with Crippen molar-refractivity contribution in [2.45, 2.75) is 56.9 Å². The van der Waals surface area contributed by atoms with Gasteiger partial charge in [0.15, 0.2) is 12.1 Å². The second-order valence-corrected chi connectivity index (χ2v) is 8.28. The van der Waals surface area contributed by atoms with Crippen molar-refractivity contribution in [2.24, 2.45) is 0 Å². The van der Waals surface area contributed by atoms with E-state index in [1.807, 2.05) is 30.3 Å². The molecule has 8 nitrogen and oxygen atoms in total. The summed E-state index contributed by atoms with van der Waals surface area (Å²) in [6.07, 6.45) is -3.90. The molecule has 0 bridgehead atoms. The SMILES string of the molecule is CO[C@H]1O[C@H](CS(=O)(=O)[O-])[C@@H]2OC(C)(C)O[C@@H]2[C@H]1OCc1ccccc1.[Na+]. The monoisotopic (exact) mass is 410 g/mol. The Hall–Kier alpha value is -0.0700. The molecule has 0 spiro atoms. The van der Waals surface area contributed by atoms with Crippen molar-refractivity contribution in [3.63, 3.8) is 0 Å². The molecule has 0 aliphatic carbocycles. The summed E-state index contributed by atoms with van der Waals surface area (Å²) >= 11 is 0. The predicted molar refractivity (Wildman–Crippen MR) is 89.1 cm³/mol. The van der Waals surface area contributed by atoms with Gasteiger partial charge in [-0.3, -0.25) is 0 Å². The summed E-state index contributed by atoms with van der Waals surface area (Å²) in [4.78, 5) is 0. The van der Waals surface area contributed by atoms with Gasteiger partial charge in [0, 0.05) is 7.11 Å². The van der Waals surface area contributed by atoms with Gasteiger partial charge in [0.2, 0.25) is 0 Å². The van der Waals surface area contributed by atoms with Crippen molar-refractivity contribution in [3.05, 3.63) is 35.9 Å². The molecule has 0 N–H and O–H groups in total. The van der Waals surface area contributed by atoms with Crippen molar-refractivity contribution in [3.8, 4) is 0 Å². The number of benzene rings is 1. The molecule has 2 heterocycles. The van der Waals surface area contributed by atoms with E-state index in [0.29, 0.717) is 6.61 Å². The van der Waals surface area contributed by atoms with Crippen LogP contribution in [0.25, 0.3) is 0 Å². The van der Waals surface area contributed by atoms with E-state index in [2.05, 4.69) is 0 Å². The maximum absolute atomic E-state index is 11.2. The van der Waals surface area contributed by atoms with Gasteiger partial charge in [0.05, 0.1) is 22.5 Å². The van der Waals surface area contributed by atoms with Gasteiger partial charge >= 0.3 is 29.6 Å². The van der Waals surface area contributed by atoms with Crippen LogP contribution in [-0.4, -0.2) is 62.3 Å². The zero-order valence-electron chi connectivity index (χ0n) is 15.9. The third-order valence-corrected chi connectivity index (χ3v) is 5.05. The fourth-order valence-corrected chi connectivity index (χ4v) is 3.98. The first-order valence-electron chi connectivity index (χ1n) is 8.31.